The fraction of sp³-hybridized carbons (Fsp3) is 0.533. The van der Waals surface area contributed by atoms with Crippen LogP contribution in [0.3, 0.4) is 0 Å². The minimum absolute atomic E-state index is 0.0320. The van der Waals surface area contributed by atoms with Crippen LogP contribution in [0.4, 0.5) is 19.3 Å². The molecule has 7 nitrogen and oxygen atoms in total. The smallest absolute Gasteiger partial charge is 0.411 e. The van der Waals surface area contributed by atoms with Crippen LogP contribution in [-0.4, -0.2) is 47.3 Å². The van der Waals surface area contributed by atoms with Crippen molar-refractivity contribution in [2.24, 2.45) is 22.7 Å². The highest BCUT2D eigenvalue weighted by atomic mass is 32.2. The molecule has 6 atom stereocenters. The van der Waals surface area contributed by atoms with Gasteiger partial charge in [-0.25, -0.2) is 13.6 Å². The molecule has 6 unspecified atom stereocenters. The third kappa shape index (κ3) is 6.44. The van der Waals surface area contributed by atoms with Gasteiger partial charge in [0.15, 0.2) is 0 Å². The predicted octanol–water partition coefficient (Wildman–Crippen LogP) is 5.50. The van der Waals surface area contributed by atoms with E-state index in [-0.39, 0.29) is 31.4 Å². The van der Waals surface area contributed by atoms with Crippen LogP contribution < -0.4 is 10.6 Å². The van der Waals surface area contributed by atoms with Gasteiger partial charge < -0.3 is 20.3 Å². The van der Waals surface area contributed by atoms with E-state index in [9.17, 15) is 28.6 Å². The molecule has 0 saturated heterocycles. The van der Waals surface area contributed by atoms with Crippen molar-refractivity contribution >= 4 is 29.4 Å². The molecule has 218 valence electrons. The molecule has 4 rings (SSSR count). The van der Waals surface area contributed by atoms with E-state index in [1.807, 2.05) is 38.3 Å². The Balaban J connectivity index is 1.44. The number of hydrogen-bond acceptors (Lipinski definition) is 6. The van der Waals surface area contributed by atoms with Crippen LogP contribution >= 0.6 is 11.8 Å². The van der Waals surface area contributed by atoms with Crippen molar-refractivity contribution in [3.05, 3.63) is 59.7 Å². The van der Waals surface area contributed by atoms with E-state index >= 15 is 0 Å². The Morgan fingerprint density at radius 1 is 1.10 bits per heavy atom. The summed E-state index contributed by atoms with van der Waals surface area (Å²) in [7, 11) is 0. The van der Waals surface area contributed by atoms with Crippen molar-refractivity contribution < 1.29 is 33.3 Å². The van der Waals surface area contributed by atoms with Gasteiger partial charge in [0.25, 0.3) is 0 Å². The van der Waals surface area contributed by atoms with E-state index in [1.54, 1.807) is 17.8 Å². The zero-order valence-electron chi connectivity index (χ0n) is 23.1. The highest BCUT2D eigenvalue weighted by molar-refractivity contribution is 7.98. The highest BCUT2D eigenvalue weighted by Gasteiger charge is 2.60. The molecule has 0 bridgehead atoms. The monoisotopic (exact) mass is 576 g/mol. The van der Waals surface area contributed by atoms with Crippen LogP contribution in [0.25, 0.3) is 0 Å². The molecule has 0 aromatic heterocycles. The normalized spacial score (nSPS) is 29.8. The van der Waals surface area contributed by atoms with Gasteiger partial charge in [0.1, 0.15) is 17.7 Å². The lowest BCUT2D eigenvalue weighted by molar-refractivity contribution is -0.185. The summed E-state index contributed by atoms with van der Waals surface area (Å²) < 4.78 is 33.0. The number of rotatable bonds is 8. The van der Waals surface area contributed by atoms with Crippen LogP contribution in [0.1, 0.15) is 51.5 Å². The van der Waals surface area contributed by atoms with Crippen molar-refractivity contribution in [1.29, 1.82) is 0 Å². The maximum absolute atomic E-state index is 13.5. The zero-order valence-corrected chi connectivity index (χ0v) is 23.9. The van der Waals surface area contributed by atoms with E-state index in [4.69, 9.17) is 4.74 Å². The molecule has 2 aromatic carbocycles. The third-order valence-electron chi connectivity index (χ3n) is 9.06. The largest absolute Gasteiger partial charge is 0.445 e. The maximum Gasteiger partial charge on any atom is 0.411 e. The Morgan fingerprint density at radius 2 is 1.82 bits per heavy atom. The molecule has 10 heteroatoms. The zero-order chi connectivity index (χ0) is 29.1. The molecule has 4 N–H and O–H groups in total. The number of fused-ring (bicyclic) bond motifs is 1. The summed E-state index contributed by atoms with van der Waals surface area (Å²) in [6.45, 7) is 3.70. The molecule has 0 heterocycles. The number of carbonyl (C=O) groups is 2. The molecule has 2 saturated carbocycles. The average Bonchev–Trinajstić information content (AvgIpc) is 2.91. The van der Waals surface area contributed by atoms with E-state index in [0.717, 1.165) is 11.0 Å². The average molecular weight is 577 g/mol. The van der Waals surface area contributed by atoms with Crippen LogP contribution in [0, 0.1) is 34.3 Å². The summed E-state index contributed by atoms with van der Waals surface area (Å²) in [5.74, 6) is -2.27. The topological polar surface area (TPSA) is 108 Å². The first kappa shape index (κ1) is 30.3. The summed E-state index contributed by atoms with van der Waals surface area (Å²) in [5.41, 5.74) is -0.348. The van der Waals surface area contributed by atoms with Crippen LogP contribution in [0.2, 0.25) is 0 Å². The van der Waals surface area contributed by atoms with Crippen LogP contribution in [0.15, 0.2) is 47.4 Å². The molecular weight excluding hydrogens is 538 g/mol. The summed E-state index contributed by atoms with van der Waals surface area (Å²) in [5, 5.41) is 27.1. The number of aliphatic hydroxyl groups excluding tert-OH is 2. The first-order valence-electron chi connectivity index (χ1n) is 13.6. The molecule has 40 heavy (non-hydrogen) atoms. The van der Waals surface area contributed by atoms with Crippen molar-refractivity contribution in [2.45, 2.75) is 69.6 Å². The molecule has 0 aliphatic heterocycles. The van der Waals surface area contributed by atoms with Gasteiger partial charge in [-0.1, -0.05) is 19.9 Å². The minimum Gasteiger partial charge on any atom is -0.445 e. The summed E-state index contributed by atoms with van der Waals surface area (Å²) in [6, 6.07) is 10.5. The summed E-state index contributed by atoms with van der Waals surface area (Å²) >= 11 is 1.56. The Labute approximate surface area is 238 Å². The number of aliphatic hydroxyl groups is 2. The molecular formula is C30H38F2N2O5S. The first-order chi connectivity index (χ1) is 19.0. The van der Waals surface area contributed by atoms with Crippen molar-refractivity contribution in [3.8, 4) is 0 Å². The standard InChI is InChI=1S/C30H38F2N2O5S/c1-29-10-9-26(39-28(38)34-21-5-4-6-22(14-21)40-3)30(2,17-35)25(29)8-7-24(36)23(29)15-27(37)33-16-18-11-19(31)13-20(32)12-18/h4-6,11-14,23-26,35-36H,7-10,15-17H2,1-3H3,(H,33,37)(H,34,38). The molecule has 2 aromatic rings. The van der Waals surface area contributed by atoms with Crippen LogP contribution in [0.5, 0.6) is 0 Å². The van der Waals surface area contributed by atoms with Crippen molar-refractivity contribution in [3.63, 3.8) is 0 Å². The van der Waals surface area contributed by atoms with Crippen molar-refractivity contribution in [2.75, 3.05) is 18.2 Å². The van der Waals surface area contributed by atoms with E-state index < -0.39 is 46.7 Å². The summed E-state index contributed by atoms with van der Waals surface area (Å²) in [6.07, 6.45) is 2.26. The Hall–Kier alpha value is -2.69. The molecule has 0 spiro atoms. The molecule has 2 aliphatic carbocycles. The first-order valence-corrected chi connectivity index (χ1v) is 14.8. The van der Waals surface area contributed by atoms with Gasteiger partial charge >= 0.3 is 6.09 Å². The lowest BCUT2D eigenvalue weighted by Crippen LogP contribution is -2.61. The maximum atomic E-state index is 13.5. The highest BCUT2D eigenvalue weighted by Crippen LogP contribution is 2.61. The number of amides is 2. The van der Waals surface area contributed by atoms with Gasteiger partial charge in [0.2, 0.25) is 5.91 Å². The van der Waals surface area contributed by atoms with Gasteiger partial charge in [0.05, 0.1) is 12.7 Å². The Kier molecular flexibility index (Phi) is 9.42. The van der Waals surface area contributed by atoms with E-state index in [1.165, 1.54) is 12.1 Å². The SMILES string of the molecule is CSc1cccc(NC(=O)OC2CCC3(C)C(CC(=O)NCc4cc(F)cc(F)c4)C(O)CCC3C2(C)CO)c1. The molecule has 2 aliphatic rings. The second kappa shape index (κ2) is 12.4. The minimum atomic E-state index is -0.778. The lowest BCUT2D eigenvalue weighted by Gasteiger charge is -2.60. The van der Waals surface area contributed by atoms with Crippen LogP contribution in [-0.2, 0) is 16.1 Å². The fourth-order valence-electron chi connectivity index (χ4n) is 6.94. The fourth-order valence-corrected chi connectivity index (χ4v) is 7.40. The molecule has 2 amide bonds. The number of halogens is 2. The number of nitrogens with one attached hydrogen (secondary N) is 2. The summed E-state index contributed by atoms with van der Waals surface area (Å²) in [4.78, 5) is 26.8. The number of carbonyl (C=O) groups excluding carboxylic acids is 2. The Bertz CT molecular complexity index is 1210. The number of benzene rings is 2. The lowest BCUT2D eigenvalue weighted by atomic mass is 9.46. The quantitative estimate of drug-likeness (QED) is 0.310. The van der Waals surface area contributed by atoms with Gasteiger partial charge in [-0.3, -0.25) is 10.1 Å². The third-order valence-corrected chi connectivity index (χ3v) is 9.78. The number of thioether (sulfide) groups is 1. The molecule has 0 radical (unpaired) electrons. The van der Waals surface area contributed by atoms with Gasteiger partial charge in [-0.2, -0.15) is 0 Å². The van der Waals surface area contributed by atoms with Gasteiger partial charge in [-0.15, -0.1) is 11.8 Å². The van der Waals surface area contributed by atoms with Gasteiger partial charge in [-0.05, 0) is 85.1 Å². The number of hydrogen-bond donors (Lipinski definition) is 4. The van der Waals surface area contributed by atoms with Gasteiger partial charge in [0, 0.05) is 35.0 Å². The van der Waals surface area contributed by atoms with E-state index in [2.05, 4.69) is 10.6 Å². The predicted molar refractivity (Wildman–Crippen MR) is 150 cm³/mol. The Morgan fingerprint density at radius 3 is 2.50 bits per heavy atom. The second-order valence-corrected chi connectivity index (χ2v) is 12.4. The number of ether oxygens (including phenoxy) is 1. The number of anilines is 1. The van der Waals surface area contributed by atoms with Crippen molar-refractivity contribution in [1.82, 2.24) is 5.32 Å². The second-order valence-electron chi connectivity index (χ2n) is 11.5. The molecule has 2 fully saturated rings. The van der Waals surface area contributed by atoms with E-state index in [0.29, 0.717) is 36.9 Å².